The lowest BCUT2D eigenvalue weighted by molar-refractivity contribution is -0.142. The van der Waals surface area contributed by atoms with E-state index >= 15 is 0 Å². The van der Waals surface area contributed by atoms with E-state index in [0.717, 1.165) is 18.7 Å². The Hall–Kier alpha value is -1.38. The SMILES string of the molecule is CN(C(=O)OCc1ccccc1)C(C(=O)O)c1cc(Br)c(Br)s1. The summed E-state index contributed by atoms with van der Waals surface area (Å²) in [4.78, 5) is 25.3. The Balaban J connectivity index is 2.09. The highest BCUT2D eigenvalue weighted by Crippen LogP contribution is 2.37. The van der Waals surface area contributed by atoms with Crippen molar-refractivity contribution in [1.82, 2.24) is 4.90 Å². The summed E-state index contributed by atoms with van der Waals surface area (Å²) < 4.78 is 6.70. The molecule has 2 rings (SSSR count). The van der Waals surface area contributed by atoms with Gasteiger partial charge in [-0.25, -0.2) is 9.59 Å². The molecule has 5 nitrogen and oxygen atoms in total. The van der Waals surface area contributed by atoms with Crippen LogP contribution in [0.25, 0.3) is 0 Å². The molecule has 1 atom stereocenters. The van der Waals surface area contributed by atoms with Gasteiger partial charge in [0.1, 0.15) is 6.61 Å². The zero-order valence-corrected chi connectivity index (χ0v) is 16.0. The highest BCUT2D eigenvalue weighted by atomic mass is 79.9. The van der Waals surface area contributed by atoms with E-state index in [2.05, 4.69) is 31.9 Å². The molecule has 0 fully saturated rings. The molecule has 0 aliphatic heterocycles. The smallest absolute Gasteiger partial charge is 0.410 e. The predicted molar refractivity (Wildman–Crippen MR) is 94.5 cm³/mol. The fourth-order valence-electron chi connectivity index (χ4n) is 1.90. The molecule has 0 radical (unpaired) electrons. The third-order valence-electron chi connectivity index (χ3n) is 3.05. The summed E-state index contributed by atoms with van der Waals surface area (Å²) in [6.07, 6.45) is -0.693. The van der Waals surface area contributed by atoms with Gasteiger partial charge in [0.15, 0.2) is 6.04 Å². The first-order chi connectivity index (χ1) is 10.9. The number of carboxylic acids is 1. The van der Waals surface area contributed by atoms with Crippen molar-refractivity contribution in [3.63, 3.8) is 0 Å². The van der Waals surface area contributed by atoms with Crippen LogP contribution < -0.4 is 0 Å². The Morgan fingerprint density at radius 2 is 1.96 bits per heavy atom. The van der Waals surface area contributed by atoms with E-state index in [1.807, 2.05) is 30.3 Å². The number of carbonyl (C=O) groups excluding carboxylic acids is 1. The van der Waals surface area contributed by atoms with Crippen molar-refractivity contribution in [3.05, 3.63) is 55.1 Å². The minimum absolute atomic E-state index is 0.0915. The number of rotatable bonds is 5. The average Bonchev–Trinajstić information content (AvgIpc) is 2.84. The van der Waals surface area contributed by atoms with Gasteiger partial charge in [-0.2, -0.15) is 0 Å². The molecule has 1 heterocycles. The number of halogens is 2. The Morgan fingerprint density at radius 3 is 2.48 bits per heavy atom. The largest absolute Gasteiger partial charge is 0.479 e. The Labute approximate surface area is 154 Å². The standard InChI is InChI=1S/C15H13Br2NO4S/c1-18(15(21)22-8-9-5-3-2-4-6-9)12(14(19)20)11-7-10(16)13(17)23-11/h2-7,12H,8H2,1H3,(H,19,20). The summed E-state index contributed by atoms with van der Waals surface area (Å²) in [6, 6.07) is 9.77. The van der Waals surface area contributed by atoms with Crippen molar-refractivity contribution in [2.45, 2.75) is 12.6 Å². The maximum atomic E-state index is 12.1. The zero-order valence-electron chi connectivity index (χ0n) is 12.0. The van der Waals surface area contributed by atoms with E-state index < -0.39 is 18.1 Å². The van der Waals surface area contributed by atoms with E-state index in [1.165, 1.54) is 18.4 Å². The average molecular weight is 463 g/mol. The number of nitrogens with zero attached hydrogens (tertiary/aromatic N) is 1. The Morgan fingerprint density at radius 1 is 1.30 bits per heavy atom. The fourth-order valence-corrected chi connectivity index (χ4v) is 4.13. The van der Waals surface area contributed by atoms with Crippen LogP contribution in [0.3, 0.4) is 0 Å². The summed E-state index contributed by atoms with van der Waals surface area (Å²) in [5.74, 6) is -1.12. The lowest BCUT2D eigenvalue weighted by atomic mass is 10.2. The van der Waals surface area contributed by atoms with Gasteiger partial charge in [0.2, 0.25) is 0 Å². The number of aliphatic carboxylic acids is 1. The van der Waals surface area contributed by atoms with Crippen molar-refractivity contribution in [3.8, 4) is 0 Å². The second kappa shape index (κ2) is 7.94. The quantitative estimate of drug-likeness (QED) is 0.701. The molecule has 1 aromatic heterocycles. The molecule has 1 aromatic carbocycles. The lowest BCUT2D eigenvalue weighted by Crippen LogP contribution is -2.35. The molecular weight excluding hydrogens is 450 g/mol. The minimum Gasteiger partial charge on any atom is -0.479 e. The molecule has 0 spiro atoms. The molecule has 0 saturated carbocycles. The first kappa shape index (κ1) is 18.0. The number of thiophene rings is 1. The topological polar surface area (TPSA) is 66.8 Å². The normalized spacial score (nSPS) is 11.8. The molecule has 1 unspecified atom stereocenters. The first-order valence-corrected chi connectivity index (χ1v) is 8.91. The third kappa shape index (κ3) is 4.55. The van der Waals surface area contributed by atoms with Crippen LogP contribution in [-0.2, 0) is 16.1 Å². The van der Waals surface area contributed by atoms with E-state index in [9.17, 15) is 14.7 Å². The number of hydrogen-bond donors (Lipinski definition) is 1. The first-order valence-electron chi connectivity index (χ1n) is 6.51. The van der Waals surface area contributed by atoms with Gasteiger partial charge in [0.25, 0.3) is 0 Å². The van der Waals surface area contributed by atoms with Crippen LogP contribution in [0.2, 0.25) is 0 Å². The number of carboxylic acid groups (broad SMARTS) is 1. The third-order valence-corrected chi connectivity index (χ3v) is 6.36. The lowest BCUT2D eigenvalue weighted by Gasteiger charge is -2.23. The predicted octanol–water partition coefficient (Wildman–Crippen LogP) is 4.67. The molecule has 0 saturated heterocycles. The van der Waals surface area contributed by atoms with Gasteiger partial charge < -0.3 is 9.84 Å². The molecule has 0 aliphatic rings. The Bertz CT molecular complexity index is 685. The molecular formula is C15H13Br2NO4S. The number of ether oxygens (including phenoxy) is 1. The van der Waals surface area contributed by atoms with Crippen molar-refractivity contribution in [2.24, 2.45) is 0 Å². The van der Waals surface area contributed by atoms with Crippen LogP contribution >= 0.6 is 43.2 Å². The highest BCUT2D eigenvalue weighted by molar-refractivity contribution is 9.13. The second-order valence-electron chi connectivity index (χ2n) is 4.66. The minimum atomic E-state index is -1.12. The van der Waals surface area contributed by atoms with Crippen LogP contribution in [0.1, 0.15) is 16.5 Å². The fraction of sp³-hybridized carbons (Fsp3) is 0.200. The number of likely N-dealkylation sites (N-methyl/N-ethyl adjacent to an activating group) is 1. The van der Waals surface area contributed by atoms with Gasteiger partial charge in [0, 0.05) is 16.4 Å². The van der Waals surface area contributed by atoms with E-state index in [-0.39, 0.29) is 6.61 Å². The number of amides is 1. The van der Waals surface area contributed by atoms with Crippen LogP contribution in [0.5, 0.6) is 0 Å². The number of hydrogen-bond acceptors (Lipinski definition) is 4. The highest BCUT2D eigenvalue weighted by Gasteiger charge is 2.31. The van der Waals surface area contributed by atoms with E-state index in [0.29, 0.717) is 4.88 Å². The van der Waals surface area contributed by atoms with Gasteiger partial charge in [-0.3, -0.25) is 4.90 Å². The monoisotopic (exact) mass is 461 g/mol. The summed E-state index contributed by atoms with van der Waals surface area (Å²) >= 11 is 7.89. The molecule has 0 aliphatic carbocycles. The van der Waals surface area contributed by atoms with E-state index in [1.54, 1.807) is 6.07 Å². The second-order valence-corrected chi connectivity index (χ2v) is 7.92. The van der Waals surface area contributed by atoms with Gasteiger partial charge in [-0.15, -0.1) is 11.3 Å². The summed E-state index contributed by atoms with van der Waals surface area (Å²) in [5.41, 5.74) is 0.836. The number of carbonyl (C=O) groups is 2. The van der Waals surface area contributed by atoms with Gasteiger partial charge >= 0.3 is 12.1 Å². The van der Waals surface area contributed by atoms with Crippen LogP contribution in [-0.4, -0.2) is 29.1 Å². The maximum absolute atomic E-state index is 12.1. The zero-order chi connectivity index (χ0) is 17.0. The molecule has 0 bridgehead atoms. The molecule has 8 heteroatoms. The summed E-state index contributed by atoms with van der Waals surface area (Å²) in [6.45, 7) is 0.0915. The van der Waals surface area contributed by atoms with Gasteiger partial charge in [0.05, 0.1) is 3.79 Å². The van der Waals surface area contributed by atoms with Gasteiger partial charge in [-0.05, 0) is 43.5 Å². The van der Waals surface area contributed by atoms with Crippen LogP contribution in [0.15, 0.2) is 44.7 Å². The molecule has 2 aromatic rings. The van der Waals surface area contributed by atoms with Crippen LogP contribution in [0, 0.1) is 0 Å². The van der Waals surface area contributed by atoms with Crippen molar-refractivity contribution >= 4 is 55.3 Å². The van der Waals surface area contributed by atoms with Crippen LogP contribution in [0.4, 0.5) is 4.79 Å². The summed E-state index contributed by atoms with van der Waals surface area (Å²) in [5, 5.41) is 9.46. The Kier molecular flexibility index (Phi) is 6.20. The maximum Gasteiger partial charge on any atom is 0.410 e. The van der Waals surface area contributed by atoms with Crippen molar-refractivity contribution < 1.29 is 19.4 Å². The van der Waals surface area contributed by atoms with Crippen molar-refractivity contribution in [1.29, 1.82) is 0 Å². The molecule has 23 heavy (non-hydrogen) atoms. The number of benzene rings is 1. The van der Waals surface area contributed by atoms with Crippen molar-refractivity contribution in [2.75, 3.05) is 7.05 Å². The summed E-state index contributed by atoms with van der Waals surface area (Å²) in [7, 11) is 1.41. The van der Waals surface area contributed by atoms with Gasteiger partial charge in [-0.1, -0.05) is 30.3 Å². The van der Waals surface area contributed by atoms with E-state index in [4.69, 9.17) is 4.74 Å². The molecule has 1 amide bonds. The molecule has 1 N–H and O–H groups in total. The molecule has 122 valence electrons.